The number of aryl methyl sites for hydroxylation is 2. The summed E-state index contributed by atoms with van der Waals surface area (Å²) in [5.74, 6) is 0. The van der Waals surface area contributed by atoms with Crippen LogP contribution in [0.4, 0.5) is 11.4 Å². The molecule has 0 saturated heterocycles. The number of nitrogens with zero attached hydrogens (tertiary/aromatic N) is 1. The van der Waals surface area contributed by atoms with Gasteiger partial charge < -0.3 is 9.88 Å². The summed E-state index contributed by atoms with van der Waals surface area (Å²) in [5, 5.41) is 9.07. The van der Waals surface area contributed by atoms with E-state index < -0.39 is 0 Å². The Morgan fingerprint density at radius 2 is 1.15 bits per heavy atom. The molecule has 0 radical (unpaired) electrons. The summed E-state index contributed by atoms with van der Waals surface area (Å²) in [6, 6.07) is 56.9. The number of fused-ring (bicyclic) bond motifs is 6. The van der Waals surface area contributed by atoms with Gasteiger partial charge in [-0.05, 0) is 146 Å². The van der Waals surface area contributed by atoms with Crippen LogP contribution in [0.15, 0.2) is 152 Å². The van der Waals surface area contributed by atoms with Crippen LogP contribution in [-0.4, -0.2) is 11.8 Å². The molecule has 10 rings (SSSR count). The maximum Gasteiger partial charge on any atom is 0.198 e. The van der Waals surface area contributed by atoms with E-state index in [4.69, 9.17) is 0 Å². The van der Waals surface area contributed by atoms with Gasteiger partial charge >= 0.3 is 0 Å². The highest BCUT2D eigenvalue weighted by atomic mass is 15.0. The van der Waals surface area contributed by atoms with Gasteiger partial charge in [-0.3, -0.25) is 0 Å². The van der Waals surface area contributed by atoms with Gasteiger partial charge in [0.1, 0.15) is 0 Å². The Bertz CT molecular complexity index is 3100. The fourth-order valence-electron chi connectivity index (χ4n) is 9.50. The van der Waals surface area contributed by atoms with Crippen LogP contribution >= 0.6 is 0 Å². The molecule has 2 heterocycles. The van der Waals surface area contributed by atoms with Gasteiger partial charge in [-0.2, -0.15) is 0 Å². The third kappa shape index (κ3) is 6.36. The number of benzene rings is 8. The van der Waals surface area contributed by atoms with Crippen LogP contribution < -0.4 is 16.2 Å². The molecule has 8 aromatic carbocycles. The molecule has 288 valence electrons. The normalized spacial score (nSPS) is 12.5. The molecule has 0 amide bonds. The molecule has 2 nitrogen and oxygen atoms in total. The van der Waals surface area contributed by atoms with E-state index in [1.165, 1.54) is 105 Å². The van der Waals surface area contributed by atoms with Crippen molar-refractivity contribution in [3.05, 3.63) is 174 Å². The molecule has 0 spiro atoms. The number of hydrogen-bond acceptors (Lipinski definition) is 1. The van der Waals surface area contributed by atoms with Crippen LogP contribution in [0.2, 0.25) is 0 Å². The zero-order valence-electron chi connectivity index (χ0n) is 35.6. The standard InChI is InChI=1S/C56H51BN2/c1-34-15-14-16-35(2)52(34)40-28-46(44-27-38-19-12-13-20-39(38)29-49(44)58-43-24-21-37(22-25-43)36-17-10-9-11-18-36)53-51(30-40)59-50-26-23-41(55(3,4)5)31-45(50)47-32-42(56(6,7)8)33-48(57-53)54(47)59/h9-33,57-58H,1-8H3. The molecule has 59 heavy (non-hydrogen) atoms. The molecule has 1 N–H and O–H groups in total. The predicted octanol–water partition coefficient (Wildman–Crippen LogP) is 13.6. The van der Waals surface area contributed by atoms with Gasteiger partial charge in [0.15, 0.2) is 7.28 Å². The number of rotatable bonds is 5. The molecule has 1 aliphatic rings. The number of hydrogen-bond donors (Lipinski definition) is 1. The van der Waals surface area contributed by atoms with E-state index in [1.807, 2.05) is 0 Å². The molecule has 0 fully saturated rings. The van der Waals surface area contributed by atoms with Crippen molar-refractivity contribution in [2.45, 2.75) is 66.2 Å². The van der Waals surface area contributed by atoms with Crippen molar-refractivity contribution in [1.29, 1.82) is 0 Å². The molecule has 1 aromatic heterocycles. The Labute approximate surface area is 349 Å². The van der Waals surface area contributed by atoms with Crippen molar-refractivity contribution < 1.29 is 0 Å². The van der Waals surface area contributed by atoms with Crippen molar-refractivity contribution in [1.82, 2.24) is 4.57 Å². The Morgan fingerprint density at radius 1 is 0.508 bits per heavy atom. The molecule has 3 heteroatoms. The second-order valence-electron chi connectivity index (χ2n) is 18.9. The average Bonchev–Trinajstić information content (AvgIpc) is 3.55. The minimum absolute atomic E-state index is 0.00156. The second kappa shape index (κ2) is 13.6. The monoisotopic (exact) mass is 762 g/mol. The van der Waals surface area contributed by atoms with E-state index in [9.17, 15) is 0 Å². The molecular weight excluding hydrogens is 711 g/mol. The fourth-order valence-corrected chi connectivity index (χ4v) is 9.50. The Morgan fingerprint density at radius 3 is 1.85 bits per heavy atom. The van der Waals surface area contributed by atoms with Crippen molar-refractivity contribution in [3.8, 4) is 39.1 Å². The average molecular weight is 763 g/mol. The van der Waals surface area contributed by atoms with Crippen LogP contribution in [0.5, 0.6) is 0 Å². The molecule has 1 aliphatic heterocycles. The summed E-state index contributed by atoms with van der Waals surface area (Å²) in [6.45, 7) is 18.5. The Hall–Kier alpha value is -6.32. The highest BCUT2D eigenvalue weighted by Crippen LogP contribution is 2.43. The topological polar surface area (TPSA) is 17.0 Å². The van der Waals surface area contributed by atoms with Crippen LogP contribution in [-0.2, 0) is 10.8 Å². The van der Waals surface area contributed by atoms with E-state index in [0.29, 0.717) is 0 Å². The van der Waals surface area contributed by atoms with Crippen LogP contribution in [0.3, 0.4) is 0 Å². The van der Waals surface area contributed by atoms with Crippen LogP contribution in [0.1, 0.15) is 63.8 Å². The van der Waals surface area contributed by atoms with Gasteiger partial charge in [-0.1, -0.05) is 144 Å². The first kappa shape index (κ1) is 37.0. The Balaban J connectivity index is 1.27. The lowest BCUT2D eigenvalue weighted by Crippen LogP contribution is -2.38. The van der Waals surface area contributed by atoms with Gasteiger partial charge in [0.05, 0.1) is 5.52 Å². The predicted molar refractivity (Wildman–Crippen MR) is 258 cm³/mol. The maximum absolute atomic E-state index is 3.94. The van der Waals surface area contributed by atoms with Gasteiger partial charge in [-0.25, -0.2) is 0 Å². The third-order valence-electron chi connectivity index (χ3n) is 12.7. The van der Waals surface area contributed by atoms with Crippen molar-refractivity contribution in [3.63, 3.8) is 0 Å². The summed E-state index contributed by atoms with van der Waals surface area (Å²) >= 11 is 0. The summed E-state index contributed by atoms with van der Waals surface area (Å²) in [4.78, 5) is 0. The smallest absolute Gasteiger partial charge is 0.198 e. The maximum atomic E-state index is 3.94. The van der Waals surface area contributed by atoms with Crippen molar-refractivity contribution in [2.75, 3.05) is 5.32 Å². The minimum atomic E-state index is 0.00156. The molecular formula is C56H51BN2. The molecule has 0 aliphatic carbocycles. The second-order valence-corrected chi connectivity index (χ2v) is 18.9. The fraction of sp³-hybridized carbons (Fsp3) is 0.179. The minimum Gasteiger partial charge on any atom is -0.355 e. The first-order valence-corrected chi connectivity index (χ1v) is 21.1. The van der Waals surface area contributed by atoms with Gasteiger partial charge in [0, 0.05) is 38.9 Å². The highest BCUT2D eigenvalue weighted by Gasteiger charge is 2.30. The number of nitrogens with one attached hydrogen (secondary N) is 1. The number of aromatic nitrogens is 1. The zero-order valence-corrected chi connectivity index (χ0v) is 35.6. The van der Waals surface area contributed by atoms with E-state index in [1.54, 1.807) is 0 Å². The lowest BCUT2D eigenvalue weighted by Gasteiger charge is -2.28. The lowest BCUT2D eigenvalue weighted by molar-refractivity contribution is 0.590. The largest absolute Gasteiger partial charge is 0.355 e. The lowest BCUT2D eigenvalue weighted by atomic mass is 9.58. The summed E-state index contributed by atoms with van der Waals surface area (Å²) in [5.41, 5.74) is 21.6. The highest BCUT2D eigenvalue weighted by molar-refractivity contribution is 6.73. The summed E-state index contributed by atoms with van der Waals surface area (Å²) in [6.07, 6.45) is 0. The van der Waals surface area contributed by atoms with E-state index >= 15 is 0 Å². The molecule has 0 unspecified atom stereocenters. The molecule has 9 aromatic rings. The summed E-state index contributed by atoms with van der Waals surface area (Å²) < 4.78 is 2.61. The molecule has 0 saturated carbocycles. The first-order valence-electron chi connectivity index (χ1n) is 21.1. The van der Waals surface area contributed by atoms with Gasteiger partial charge in [0.2, 0.25) is 0 Å². The van der Waals surface area contributed by atoms with Crippen molar-refractivity contribution in [2.24, 2.45) is 0 Å². The SMILES string of the molecule is Cc1cccc(C)c1-c1cc(-c2cc3ccccc3cc2Nc2ccc(-c3ccccc3)cc2)c2c(c1)-n1c3ccc(C(C)(C)C)cc3c3cc(C(C)(C)C)cc(c31)B2. The van der Waals surface area contributed by atoms with Crippen molar-refractivity contribution >= 4 is 62.2 Å². The van der Waals surface area contributed by atoms with Crippen LogP contribution in [0.25, 0.3) is 71.6 Å². The van der Waals surface area contributed by atoms with E-state index in [-0.39, 0.29) is 10.8 Å². The van der Waals surface area contributed by atoms with Gasteiger partial charge in [-0.15, -0.1) is 0 Å². The number of anilines is 2. The Kier molecular flexibility index (Phi) is 8.55. The zero-order chi connectivity index (χ0) is 40.8. The third-order valence-corrected chi connectivity index (χ3v) is 12.7. The molecule has 0 bridgehead atoms. The van der Waals surface area contributed by atoms with E-state index in [0.717, 1.165) is 18.7 Å². The van der Waals surface area contributed by atoms with E-state index in [2.05, 4.69) is 217 Å². The van der Waals surface area contributed by atoms with Gasteiger partial charge in [0.25, 0.3) is 0 Å². The molecule has 0 atom stereocenters. The quantitative estimate of drug-likeness (QED) is 0.173. The van der Waals surface area contributed by atoms with Crippen LogP contribution in [0, 0.1) is 13.8 Å². The first-order chi connectivity index (χ1) is 28.3. The summed E-state index contributed by atoms with van der Waals surface area (Å²) in [7, 11) is 0.846.